The van der Waals surface area contributed by atoms with E-state index in [-0.39, 0.29) is 48.0 Å². The molecule has 2 fully saturated rings. The van der Waals surface area contributed by atoms with Crippen molar-refractivity contribution in [3.05, 3.63) is 35.9 Å². The first-order valence-electron chi connectivity index (χ1n) is 8.83. The second kappa shape index (κ2) is 8.43. The Labute approximate surface area is 162 Å². The first-order chi connectivity index (χ1) is 12.8. The summed E-state index contributed by atoms with van der Waals surface area (Å²) in [6.45, 7) is 0.582. The molecule has 1 amide bonds. The van der Waals surface area contributed by atoms with Gasteiger partial charge in [0.1, 0.15) is 0 Å². The summed E-state index contributed by atoms with van der Waals surface area (Å²) < 4.78 is 24.0. The molecule has 2 aliphatic heterocycles. The number of sulfone groups is 1. The summed E-state index contributed by atoms with van der Waals surface area (Å²) in [7, 11) is -3.07. The van der Waals surface area contributed by atoms with E-state index in [1.54, 1.807) is 0 Å². The Morgan fingerprint density at radius 1 is 1.19 bits per heavy atom. The van der Waals surface area contributed by atoms with Crippen LogP contribution in [0.15, 0.2) is 35.3 Å². The van der Waals surface area contributed by atoms with Gasteiger partial charge in [-0.3, -0.25) is 4.79 Å². The zero-order chi connectivity index (χ0) is 19.4. The number of benzene rings is 1. The lowest BCUT2D eigenvalue weighted by Crippen LogP contribution is -2.39. The summed E-state index contributed by atoms with van der Waals surface area (Å²) in [5, 5.41) is 10.9. The van der Waals surface area contributed by atoms with Crippen molar-refractivity contribution in [2.75, 3.05) is 18.1 Å². The van der Waals surface area contributed by atoms with Crippen LogP contribution in [0.25, 0.3) is 0 Å². The van der Waals surface area contributed by atoms with Gasteiger partial charge in [0, 0.05) is 24.2 Å². The minimum atomic E-state index is -3.07. The van der Waals surface area contributed by atoms with E-state index in [2.05, 4.69) is 4.99 Å². The number of carboxylic acids is 1. The van der Waals surface area contributed by atoms with Crippen molar-refractivity contribution in [3.63, 3.8) is 0 Å². The van der Waals surface area contributed by atoms with Crippen LogP contribution in [0.3, 0.4) is 0 Å². The zero-order valence-corrected chi connectivity index (χ0v) is 16.4. The van der Waals surface area contributed by atoms with Crippen molar-refractivity contribution < 1.29 is 23.1 Å². The van der Waals surface area contributed by atoms with Gasteiger partial charge in [0.2, 0.25) is 5.91 Å². The van der Waals surface area contributed by atoms with Crippen LogP contribution in [-0.4, -0.2) is 59.7 Å². The number of amides is 1. The molecule has 2 saturated heterocycles. The average molecular weight is 410 g/mol. The third kappa shape index (κ3) is 5.32. The summed E-state index contributed by atoms with van der Waals surface area (Å²) in [6, 6.07) is 9.69. The number of amidine groups is 1. The number of rotatable bonds is 7. The highest BCUT2D eigenvalue weighted by atomic mass is 32.2. The Morgan fingerprint density at radius 2 is 1.93 bits per heavy atom. The van der Waals surface area contributed by atoms with Gasteiger partial charge >= 0.3 is 0 Å². The van der Waals surface area contributed by atoms with Crippen molar-refractivity contribution in [2.24, 2.45) is 4.99 Å². The Hall–Kier alpha value is -1.87. The molecule has 0 saturated carbocycles. The lowest BCUT2D eigenvalue weighted by Gasteiger charge is -2.24. The normalized spacial score (nSPS) is 24.9. The molecule has 2 heterocycles. The fourth-order valence-electron chi connectivity index (χ4n) is 3.34. The van der Waals surface area contributed by atoms with Gasteiger partial charge in [-0.05, 0) is 24.8 Å². The van der Waals surface area contributed by atoms with E-state index in [0.29, 0.717) is 11.7 Å². The second-order valence-electron chi connectivity index (χ2n) is 6.74. The molecule has 0 N–H and O–H groups in total. The van der Waals surface area contributed by atoms with Crippen LogP contribution in [0.1, 0.15) is 24.8 Å². The lowest BCUT2D eigenvalue weighted by atomic mass is 10.1. The van der Waals surface area contributed by atoms with E-state index < -0.39 is 15.8 Å². The molecule has 0 aromatic heterocycles. The molecule has 146 valence electrons. The van der Waals surface area contributed by atoms with Gasteiger partial charge in [-0.25, -0.2) is 8.42 Å². The van der Waals surface area contributed by atoms with E-state index in [0.717, 1.165) is 12.0 Å². The predicted molar refractivity (Wildman–Crippen MR) is 102 cm³/mol. The van der Waals surface area contributed by atoms with Crippen LogP contribution in [-0.2, 0) is 25.8 Å². The molecule has 0 radical (unpaired) electrons. The molecular formula is C18H21N2O5S2-. The molecule has 3 rings (SSSR count). The first kappa shape index (κ1) is 19.9. The quantitative estimate of drug-likeness (QED) is 0.635. The van der Waals surface area contributed by atoms with Crippen LogP contribution in [0.5, 0.6) is 0 Å². The highest BCUT2D eigenvalue weighted by molar-refractivity contribution is 8.15. The zero-order valence-electron chi connectivity index (χ0n) is 14.7. The number of carboxylic acid groups (broad SMARTS) is 1. The number of nitrogens with zero attached hydrogens (tertiary/aromatic N) is 2. The van der Waals surface area contributed by atoms with Crippen LogP contribution in [0.4, 0.5) is 0 Å². The smallest absolute Gasteiger partial charge is 0.248 e. The molecular weight excluding hydrogens is 388 g/mol. The van der Waals surface area contributed by atoms with E-state index in [1.165, 1.54) is 11.8 Å². The maximum absolute atomic E-state index is 12.1. The van der Waals surface area contributed by atoms with Crippen LogP contribution in [0.2, 0.25) is 0 Å². The molecule has 2 atom stereocenters. The average Bonchev–Trinajstić information content (AvgIpc) is 3.04. The molecule has 2 aliphatic rings. The van der Waals surface area contributed by atoms with Crippen LogP contribution < -0.4 is 5.11 Å². The van der Waals surface area contributed by atoms with Crippen molar-refractivity contribution in [2.45, 2.75) is 37.0 Å². The van der Waals surface area contributed by atoms with Crippen molar-refractivity contribution in [1.29, 1.82) is 0 Å². The third-order valence-electron chi connectivity index (χ3n) is 4.65. The Kier molecular flexibility index (Phi) is 6.21. The van der Waals surface area contributed by atoms with E-state index >= 15 is 0 Å². The predicted octanol–water partition coefficient (Wildman–Crippen LogP) is 0.246. The monoisotopic (exact) mass is 409 g/mol. The number of fused-ring (bicyclic) bond motifs is 1. The summed E-state index contributed by atoms with van der Waals surface area (Å²) >= 11 is 1.34. The Bertz CT molecular complexity index is 839. The van der Waals surface area contributed by atoms with Gasteiger partial charge in [0.05, 0.1) is 17.5 Å². The molecule has 0 bridgehead atoms. The van der Waals surface area contributed by atoms with Crippen molar-refractivity contribution >= 4 is 38.6 Å². The van der Waals surface area contributed by atoms with Crippen LogP contribution >= 0.6 is 11.8 Å². The van der Waals surface area contributed by atoms with Gasteiger partial charge in [-0.15, -0.1) is 0 Å². The van der Waals surface area contributed by atoms with Crippen LogP contribution in [0, 0.1) is 0 Å². The van der Waals surface area contributed by atoms with E-state index in [4.69, 9.17) is 0 Å². The number of thioether (sulfide) groups is 1. The van der Waals surface area contributed by atoms with E-state index in [1.807, 2.05) is 35.2 Å². The standard InChI is InChI=1S/C18H22N2O5S2/c21-16(7-4-8-17(22)23)19-18-20(10-9-13-5-2-1-3-6-13)14-11-27(24,25)12-15(14)26-18/h1-3,5-6,14-15H,4,7-12H2,(H,22,23)/p-1/t14-,15+/m0/s1. The number of aliphatic carboxylic acids is 1. The fraction of sp³-hybridized carbons (Fsp3) is 0.500. The second-order valence-corrected chi connectivity index (χ2v) is 10.1. The molecule has 1 aromatic carbocycles. The molecule has 0 aliphatic carbocycles. The topological polar surface area (TPSA) is 107 Å². The summed E-state index contributed by atoms with van der Waals surface area (Å²) in [6.07, 6.45) is 0.777. The Balaban J connectivity index is 1.70. The SMILES string of the molecule is O=C([O-])CCCC(=O)N=C1S[C@@H]2CS(=O)(=O)C[C@@H]2N1CCc1ccccc1. The first-order valence-corrected chi connectivity index (χ1v) is 11.5. The molecule has 7 nitrogen and oxygen atoms in total. The van der Waals surface area contributed by atoms with Gasteiger partial charge < -0.3 is 14.8 Å². The molecule has 0 spiro atoms. The summed E-state index contributed by atoms with van der Waals surface area (Å²) in [5.74, 6) is -1.39. The maximum atomic E-state index is 12.1. The lowest BCUT2D eigenvalue weighted by molar-refractivity contribution is -0.305. The Morgan fingerprint density at radius 3 is 2.63 bits per heavy atom. The van der Waals surface area contributed by atoms with E-state index in [9.17, 15) is 23.1 Å². The highest BCUT2D eigenvalue weighted by Crippen LogP contribution is 2.38. The minimum absolute atomic E-state index is 0.0399. The number of carbonyl (C=O) groups excluding carboxylic acids is 2. The molecule has 9 heteroatoms. The third-order valence-corrected chi connectivity index (χ3v) is 7.90. The van der Waals surface area contributed by atoms with Gasteiger partial charge in [-0.1, -0.05) is 42.1 Å². The number of carbonyl (C=O) groups is 2. The molecule has 1 aromatic rings. The number of aliphatic imine (C=N–C) groups is 1. The van der Waals surface area contributed by atoms with Crippen molar-refractivity contribution in [1.82, 2.24) is 4.90 Å². The summed E-state index contributed by atoms with van der Waals surface area (Å²) in [4.78, 5) is 28.6. The number of hydrogen-bond acceptors (Lipinski definition) is 6. The molecule has 27 heavy (non-hydrogen) atoms. The fourth-order valence-corrected chi connectivity index (χ4v) is 7.33. The van der Waals surface area contributed by atoms with Gasteiger partial charge in [0.15, 0.2) is 15.0 Å². The maximum Gasteiger partial charge on any atom is 0.248 e. The molecule has 0 unspecified atom stereocenters. The van der Waals surface area contributed by atoms with Gasteiger partial charge in [0.25, 0.3) is 0 Å². The minimum Gasteiger partial charge on any atom is -0.550 e. The van der Waals surface area contributed by atoms with Gasteiger partial charge in [-0.2, -0.15) is 4.99 Å². The summed E-state index contributed by atoms with van der Waals surface area (Å²) in [5.41, 5.74) is 1.13. The highest BCUT2D eigenvalue weighted by Gasteiger charge is 2.48. The van der Waals surface area contributed by atoms with Crippen molar-refractivity contribution in [3.8, 4) is 0 Å². The number of hydrogen-bond donors (Lipinski definition) is 0. The largest absolute Gasteiger partial charge is 0.550 e.